The highest BCUT2D eigenvalue weighted by Gasteiger charge is 2.12. The fourth-order valence-electron chi connectivity index (χ4n) is 3.69. The highest BCUT2D eigenvalue weighted by Crippen LogP contribution is 2.19. The van der Waals surface area contributed by atoms with E-state index in [1.54, 1.807) is 6.08 Å². The van der Waals surface area contributed by atoms with Gasteiger partial charge in [-0.05, 0) is 33.5 Å². The summed E-state index contributed by atoms with van der Waals surface area (Å²) in [6.07, 6.45) is 3.50. The van der Waals surface area contributed by atoms with Crippen LogP contribution in [0.3, 0.4) is 0 Å². The van der Waals surface area contributed by atoms with Crippen molar-refractivity contribution in [3.05, 3.63) is 89.5 Å². The maximum atomic E-state index is 12.4. The van der Waals surface area contributed by atoms with Crippen molar-refractivity contribution >= 4 is 22.8 Å². The van der Waals surface area contributed by atoms with E-state index >= 15 is 0 Å². The van der Waals surface area contributed by atoms with Crippen molar-refractivity contribution in [2.45, 2.75) is 13.1 Å². The van der Waals surface area contributed by atoms with E-state index in [9.17, 15) is 4.79 Å². The van der Waals surface area contributed by atoms with Gasteiger partial charge in [-0.3, -0.25) is 9.69 Å². The van der Waals surface area contributed by atoms with Gasteiger partial charge in [-0.2, -0.15) is 0 Å². The topological polar surface area (TPSA) is 41.6 Å². The lowest BCUT2D eigenvalue weighted by molar-refractivity contribution is -0.116. The van der Waals surface area contributed by atoms with Gasteiger partial charge in [-0.1, -0.05) is 66.7 Å². The van der Waals surface area contributed by atoms with Gasteiger partial charge in [0.15, 0.2) is 0 Å². The quantitative estimate of drug-likeness (QED) is 0.651. The zero-order valence-corrected chi connectivity index (χ0v) is 16.5. The Hall–Kier alpha value is -2.95. The molecule has 4 nitrogen and oxygen atoms in total. The first-order chi connectivity index (χ1) is 14.3. The Morgan fingerprint density at radius 3 is 2.52 bits per heavy atom. The minimum absolute atomic E-state index is 0.0842. The number of amides is 1. The van der Waals surface area contributed by atoms with Gasteiger partial charge >= 0.3 is 0 Å². The molecule has 0 radical (unpaired) electrons. The zero-order chi connectivity index (χ0) is 19.9. The Morgan fingerprint density at radius 1 is 0.931 bits per heavy atom. The van der Waals surface area contributed by atoms with Gasteiger partial charge in [0, 0.05) is 32.3 Å². The number of nitrogens with zero attached hydrogens (tertiary/aromatic N) is 1. The summed E-state index contributed by atoms with van der Waals surface area (Å²) >= 11 is 0. The van der Waals surface area contributed by atoms with Crippen LogP contribution in [-0.2, 0) is 22.6 Å². The van der Waals surface area contributed by atoms with E-state index in [4.69, 9.17) is 4.74 Å². The first-order valence-electron chi connectivity index (χ1n) is 10.1. The lowest BCUT2D eigenvalue weighted by Gasteiger charge is -2.27. The van der Waals surface area contributed by atoms with Crippen LogP contribution in [0.5, 0.6) is 0 Å². The third-order valence-corrected chi connectivity index (χ3v) is 5.31. The van der Waals surface area contributed by atoms with Crippen LogP contribution >= 0.6 is 0 Å². The molecule has 1 saturated heterocycles. The van der Waals surface area contributed by atoms with Crippen LogP contribution < -0.4 is 5.32 Å². The summed E-state index contributed by atoms with van der Waals surface area (Å²) in [6.45, 7) is 4.90. The normalized spacial score (nSPS) is 15.0. The van der Waals surface area contributed by atoms with E-state index in [-0.39, 0.29) is 5.91 Å². The Balaban J connectivity index is 1.39. The number of hydrogen-bond donors (Lipinski definition) is 1. The fourth-order valence-corrected chi connectivity index (χ4v) is 3.69. The highest BCUT2D eigenvalue weighted by molar-refractivity contribution is 5.96. The average Bonchev–Trinajstić information content (AvgIpc) is 2.78. The molecule has 0 aliphatic carbocycles. The van der Waals surface area contributed by atoms with Crippen molar-refractivity contribution in [2.75, 3.05) is 26.3 Å². The number of nitrogens with one attached hydrogen (secondary N) is 1. The number of hydrogen-bond acceptors (Lipinski definition) is 3. The summed E-state index contributed by atoms with van der Waals surface area (Å²) in [5.41, 5.74) is 3.46. The van der Waals surface area contributed by atoms with E-state index < -0.39 is 0 Å². The largest absolute Gasteiger partial charge is 0.379 e. The predicted molar refractivity (Wildman–Crippen MR) is 117 cm³/mol. The van der Waals surface area contributed by atoms with Crippen molar-refractivity contribution in [1.82, 2.24) is 10.2 Å². The number of carbonyl (C=O) groups excluding carboxylic acids is 1. The maximum absolute atomic E-state index is 12.4. The summed E-state index contributed by atoms with van der Waals surface area (Å²) in [5, 5.41) is 5.35. The minimum atomic E-state index is -0.0842. The zero-order valence-electron chi connectivity index (χ0n) is 16.5. The highest BCUT2D eigenvalue weighted by atomic mass is 16.5. The Kier molecular flexibility index (Phi) is 6.35. The van der Waals surface area contributed by atoms with Crippen molar-refractivity contribution in [3.63, 3.8) is 0 Å². The second-order valence-electron chi connectivity index (χ2n) is 7.28. The van der Waals surface area contributed by atoms with E-state index in [0.717, 1.165) is 49.4 Å². The van der Waals surface area contributed by atoms with Crippen LogP contribution in [0.25, 0.3) is 16.8 Å². The van der Waals surface area contributed by atoms with Gasteiger partial charge < -0.3 is 10.1 Å². The molecule has 0 spiro atoms. The molecule has 1 amide bonds. The molecule has 1 aliphatic heterocycles. The first kappa shape index (κ1) is 19.4. The van der Waals surface area contributed by atoms with Crippen LogP contribution in [0.1, 0.15) is 16.7 Å². The molecule has 1 fully saturated rings. The number of carbonyl (C=O) groups is 1. The number of fused-ring (bicyclic) bond motifs is 1. The number of rotatable bonds is 6. The molecule has 0 bridgehead atoms. The molecule has 148 valence electrons. The molecule has 29 heavy (non-hydrogen) atoms. The number of morpholine rings is 1. The third kappa shape index (κ3) is 5.11. The molecule has 0 unspecified atom stereocenters. The number of benzene rings is 3. The molecule has 0 atom stereocenters. The van der Waals surface area contributed by atoms with Crippen LogP contribution in [0.15, 0.2) is 72.8 Å². The third-order valence-electron chi connectivity index (χ3n) is 5.31. The standard InChI is InChI=1S/C25H26N2O2/c28-25(13-12-21-10-5-9-20-6-3-4-11-24(20)21)26-18-22-7-1-2-8-23(22)19-27-14-16-29-17-15-27/h1-13H,14-19H2,(H,26,28)/b13-12+. The molecule has 3 aromatic carbocycles. The maximum Gasteiger partial charge on any atom is 0.244 e. The first-order valence-corrected chi connectivity index (χ1v) is 10.1. The van der Waals surface area contributed by atoms with E-state index in [1.165, 1.54) is 10.9 Å². The summed E-state index contributed by atoms with van der Waals surface area (Å²) in [4.78, 5) is 14.8. The van der Waals surface area contributed by atoms with Crippen LogP contribution in [0.4, 0.5) is 0 Å². The van der Waals surface area contributed by atoms with Gasteiger partial charge in [0.05, 0.1) is 13.2 Å². The van der Waals surface area contributed by atoms with Crippen molar-refractivity contribution in [1.29, 1.82) is 0 Å². The van der Waals surface area contributed by atoms with Crippen molar-refractivity contribution in [2.24, 2.45) is 0 Å². The molecule has 1 heterocycles. The molecular formula is C25H26N2O2. The molecule has 3 aromatic rings. The van der Waals surface area contributed by atoms with Crippen molar-refractivity contribution < 1.29 is 9.53 Å². The molecule has 1 aliphatic rings. The van der Waals surface area contributed by atoms with Crippen molar-refractivity contribution in [3.8, 4) is 0 Å². The Morgan fingerprint density at radius 2 is 1.66 bits per heavy atom. The van der Waals surface area contributed by atoms with E-state index in [0.29, 0.717) is 6.54 Å². The van der Waals surface area contributed by atoms with Crippen LogP contribution in [0.2, 0.25) is 0 Å². The minimum Gasteiger partial charge on any atom is -0.379 e. The second-order valence-corrected chi connectivity index (χ2v) is 7.28. The SMILES string of the molecule is O=C(/C=C/c1cccc2ccccc12)NCc1ccccc1CN1CCOCC1. The Labute approximate surface area is 171 Å². The fraction of sp³-hybridized carbons (Fsp3) is 0.240. The van der Waals surface area contributed by atoms with Crippen LogP contribution in [-0.4, -0.2) is 37.1 Å². The average molecular weight is 386 g/mol. The molecule has 4 heteroatoms. The van der Waals surface area contributed by atoms with Gasteiger partial charge in [-0.25, -0.2) is 0 Å². The molecule has 0 saturated carbocycles. The summed E-state index contributed by atoms with van der Waals surface area (Å²) in [7, 11) is 0. The molecule has 1 N–H and O–H groups in total. The molecule has 0 aromatic heterocycles. The monoisotopic (exact) mass is 386 g/mol. The van der Waals surface area contributed by atoms with Gasteiger partial charge in [0.2, 0.25) is 5.91 Å². The Bertz CT molecular complexity index is 1000. The van der Waals surface area contributed by atoms with E-state index in [2.05, 4.69) is 46.6 Å². The van der Waals surface area contributed by atoms with E-state index in [1.807, 2.05) is 36.4 Å². The second kappa shape index (κ2) is 9.50. The van der Waals surface area contributed by atoms with Gasteiger partial charge in [-0.15, -0.1) is 0 Å². The molecular weight excluding hydrogens is 360 g/mol. The summed E-state index contributed by atoms with van der Waals surface area (Å²) in [5.74, 6) is -0.0842. The lowest BCUT2D eigenvalue weighted by Crippen LogP contribution is -2.36. The number of ether oxygens (including phenoxy) is 1. The van der Waals surface area contributed by atoms with Crippen LogP contribution in [0, 0.1) is 0 Å². The lowest BCUT2D eigenvalue weighted by atomic mass is 10.0. The van der Waals surface area contributed by atoms with Gasteiger partial charge in [0.1, 0.15) is 0 Å². The molecule has 4 rings (SSSR count). The summed E-state index contributed by atoms with van der Waals surface area (Å²) < 4.78 is 5.43. The summed E-state index contributed by atoms with van der Waals surface area (Å²) in [6, 6.07) is 22.6. The smallest absolute Gasteiger partial charge is 0.244 e. The predicted octanol–water partition coefficient (Wildman–Crippen LogP) is 4.00. The van der Waals surface area contributed by atoms with Gasteiger partial charge in [0.25, 0.3) is 0 Å².